The summed E-state index contributed by atoms with van der Waals surface area (Å²) in [5.41, 5.74) is 0. The van der Waals surface area contributed by atoms with Crippen molar-refractivity contribution in [3.05, 3.63) is 30.0 Å². The molecule has 0 N–H and O–H groups in total. The van der Waals surface area contributed by atoms with Crippen molar-refractivity contribution in [2.24, 2.45) is 0 Å². The van der Waals surface area contributed by atoms with Crippen LogP contribution in [0.15, 0.2) is 22.8 Å². The molecule has 0 bridgehead atoms. The minimum Gasteiger partial charge on any atom is -0.468 e. The molecule has 0 saturated heterocycles. The first kappa shape index (κ1) is 13.0. The maximum atomic E-state index is 5.53. The fraction of sp³-hybridized carbons (Fsp3) is 0.667. The van der Waals surface area contributed by atoms with E-state index >= 15 is 0 Å². The number of nitrogens with zero attached hydrogens (tertiary/aromatic N) is 5. The van der Waals surface area contributed by atoms with Crippen LogP contribution in [-0.4, -0.2) is 31.1 Å². The largest absolute Gasteiger partial charge is 0.468 e. The van der Waals surface area contributed by atoms with Gasteiger partial charge in [-0.15, -0.1) is 5.10 Å². The lowest BCUT2D eigenvalue weighted by atomic mass is 10.2. The van der Waals surface area contributed by atoms with Gasteiger partial charge in [-0.3, -0.25) is 4.90 Å². The van der Waals surface area contributed by atoms with E-state index < -0.39 is 0 Å². The summed E-state index contributed by atoms with van der Waals surface area (Å²) < 4.78 is 7.55. The van der Waals surface area contributed by atoms with Crippen LogP contribution < -0.4 is 0 Å². The van der Waals surface area contributed by atoms with Crippen LogP contribution in [0.2, 0.25) is 0 Å². The number of aromatic nitrogens is 4. The Morgan fingerprint density at radius 1 is 1.19 bits per heavy atom. The smallest absolute Gasteiger partial charge is 0.165 e. The van der Waals surface area contributed by atoms with Gasteiger partial charge in [0.2, 0.25) is 0 Å². The second-order valence-electron chi connectivity index (χ2n) is 6.19. The Bertz CT molecular complexity index is 569. The molecular weight excluding hydrogens is 266 g/mol. The summed E-state index contributed by atoms with van der Waals surface area (Å²) in [6.07, 6.45) is 9.35. The quantitative estimate of drug-likeness (QED) is 0.817. The minimum absolute atomic E-state index is 0.532. The molecule has 0 aromatic carbocycles. The van der Waals surface area contributed by atoms with Gasteiger partial charge in [0, 0.05) is 6.04 Å². The molecule has 2 fully saturated rings. The maximum Gasteiger partial charge on any atom is 0.165 e. The molecule has 0 unspecified atom stereocenters. The number of tetrazole rings is 1. The van der Waals surface area contributed by atoms with Gasteiger partial charge in [-0.05, 0) is 48.2 Å². The van der Waals surface area contributed by atoms with Gasteiger partial charge >= 0.3 is 0 Å². The summed E-state index contributed by atoms with van der Waals surface area (Å²) in [5.74, 6) is 2.02. The molecule has 2 aromatic rings. The molecule has 2 heterocycles. The zero-order valence-electron chi connectivity index (χ0n) is 12.2. The number of furan rings is 1. The topological polar surface area (TPSA) is 60.0 Å². The third-order valence-electron chi connectivity index (χ3n) is 4.58. The average Bonchev–Trinajstić information content (AvgIpc) is 2.94. The SMILES string of the molecule is c1coc(CN(Cc2nnnn2C2CC2)C2CCCC2)c1. The second-order valence-corrected chi connectivity index (χ2v) is 6.19. The molecular formula is C15H21N5O. The number of hydrogen-bond donors (Lipinski definition) is 0. The van der Waals surface area contributed by atoms with Crippen molar-refractivity contribution in [3.63, 3.8) is 0 Å². The Labute approximate surface area is 124 Å². The van der Waals surface area contributed by atoms with Crippen molar-refractivity contribution in [2.75, 3.05) is 0 Å². The summed E-state index contributed by atoms with van der Waals surface area (Å²) >= 11 is 0. The van der Waals surface area contributed by atoms with Gasteiger partial charge in [0.05, 0.1) is 25.4 Å². The standard InChI is InChI=1S/C15H21N5O/c1-2-5-12(4-1)19(10-14-6-3-9-21-14)11-15-16-17-18-20(15)13-7-8-13/h3,6,9,12-13H,1-2,4-5,7-8,10-11H2. The Morgan fingerprint density at radius 2 is 2.05 bits per heavy atom. The lowest BCUT2D eigenvalue weighted by Gasteiger charge is -2.27. The molecule has 21 heavy (non-hydrogen) atoms. The van der Waals surface area contributed by atoms with E-state index in [1.165, 1.54) is 38.5 Å². The van der Waals surface area contributed by atoms with E-state index in [0.717, 1.165) is 24.7 Å². The molecule has 2 aromatic heterocycles. The lowest BCUT2D eigenvalue weighted by molar-refractivity contribution is 0.160. The van der Waals surface area contributed by atoms with Gasteiger partial charge in [0.25, 0.3) is 0 Å². The van der Waals surface area contributed by atoms with Crippen molar-refractivity contribution >= 4 is 0 Å². The molecule has 0 atom stereocenters. The molecule has 0 amide bonds. The zero-order chi connectivity index (χ0) is 14.1. The molecule has 2 aliphatic rings. The number of hydrogen-bond acceptors (Lipinski definition) is 5. The predicted octanol–water partition coefficient (Wildman–Crippen LogP) is 2.55. The van der Waals surface area contributed by atoms with Gasteiger partial charge in [0.15, 0.2) is 5.82 Å². The predicted molar refractivity (Wildman–Crippen MR) is 76.3 cm³/mol. The van der Waals surface area contributed by atoms with E-state index in [1.807, 2.05) is 16.8 Å². The van der Waals surface area contributed by atoms with Gasteiger partial charge in [-0.25, -0.2) is 4.68 Å². The van der Waals surface area contributed by atoms with Crippen LogP contribution in [0.25, 0.3) is 0 Å². The highest BCUT2D eigenvalue weighted by molar-refractivity contribution is 5.00. The molecule has 0 spiro atoms. The molecule has 2 aliphatic carbocycles. The van der Waals surface area contributed by atoms with Crippen LogP contribution in [0.3, 0.4) is 0 Å². The van der Waals surface area contributed by atoms with Gasteiger partial charge in [-0.1, -0.05) is 12.8 Å². The third kappa shape index (κ3) is 2.85. The third-order valence-corrected chi connectivity index (χ3v) is 4.58. The van der Waals surface area contributed by atoms with E-state index in [9.17, 15) is 0 Å². The van der Waals surface area contributed by atoms with Gasteiger partial charge in [0.1, 0.15) is 5.76 Å². The molecule has 4 rings (SSSR count). The Kier molecular flexibility index (Phi) is 3.47. The molecule has 0 radical (unpaired) electrons. The van der Waals surface area contributed by atoms with E-state index in [0.29, 0.717) is 12.1 Å². The Hall–Kier alpha value is -1.69. The monoisotopic (exact) mass is 287 g/mol. The number of rotatable bonds is 6. The minimum atomic E-state index is 0.532. The molecule has 6 heteroatoms. The highest BCUT2D eigenvalue weighted by Crippen LogP contribution is 2.35. The fourth-order valence-electron chi connectivity index (χ4n) is 3.29. The van der Waals surface area contributed by atoms with E-state index in [-0.39, 0.29) is 0 Å². The van der Waals surface area contributed by atoms with Crippen molar-refractivity contribution in [2.45, 2.75) is 63.7 Å². The van der Waals surface area contributed by atoms with Crippen LogP contribution in [0.4, 0.5) is 0 Å². The summed E-state index contributed by atoms with van der Waals surface area (Å²) in [6.45, 7) is 1.66. The van der Waals surface area contributed by atoms with Crippen LogP contribution in [0.1, 0.15) is 56.2 Å². The van der Waals surface area contributed by atoms with Crippen molar-refractivity contribution in [1.29, 1.82) is 0 Å². The maximum absolute atomic E-state index is 5.53. The van der Waals surface area contributed by atoms with E-state index in [1.54, 1.807) is 6.26 Å². The molecule has 2 saturated carbocycles. The Balaban J connectivity index is 1.52. The van der Waals surface area contributed by atoms with Crippen LogP contribution >= 0.6 is 0 Å². The first-order valence-corrected chi connectivity index (χ1v) is 7.93. The molecule has 0 aliphatic heterocycles. The summed E-state index contributed by atoms with van der Waals surface area (Å²) in [5, 5.41) is 12.3. The van der Waals surface area contributed by atoms with Crippen molar-refractivity contribution in [3.8, 4) is 0 Å². The fourth-order valence-corrected chi connectivity index (χ4v) is 3.29. The van der Waals surface area contributed by atoms with Gasteiger partial charge in [-0.2, -0.15) is 0 Å². The zero-order valence-corrected chi connectivity index (χ0v) is 12.2. The highest BCUT2D eigenvalue weighted by Gasteiger charge is 2.30. The first-order valence-electron chi connectivity index (χ1n) is 7.93. The molecule has 112 valence electrons. The van der Waals surface area contributed by atoms with Crippen LogP contribution in [0, 0.1) is 0 Å². The average molecular weight is 287 g/mol. The lowest BCUT2D eigenvalue weighted by Crippen LogP contribution is -2.33. The second kappa shape index (κ2) is 5.60. The summed E-state index contributed by atoms with van der Waals surface area (Å²) in [7, 11) is 0. The van der Waals surface area contributed by atoms with Crippen LogP contribution in [-0.2, 0) is 13.1 Å². The van der Waals surface area contributed by atoms with E-state index in [4.69, 9.17) is 4.42 Å². The summed E-state index contributed by atoms with van der Waals surface area (Å²) in [6, 6.07) is 5.16. The summed E-state index contributed by atoms with van der Waals surface area (Å²) in [4.78, 5) is 2.48. The Morgan fingerprint density at radius 3 is 2.76 bits per heavy atom. The normalized spacial score (nSPS) is 19.7. The van der Waals surface area contributed by atoms with Gasteiger partial charge < -0.3 is 4.42 Å². The molecule has 6 nitrogen and oxygen atoms in total. The first-order chi connectivity index (χ1) is 10.4. The highest BCUT2D eigenvalue weighted by atomic mass is 16.3. The van der Waals surface area contributed by atoms with Crippen molar-refractivity contribution < 1.29 is 4.42 Å². The van der Waals surface area contributed by atoms with E-state index in [2.05, 4.69) is 20.4 Å². The van der Waals surface area contributed by atoms with Crippen molar-refractivity contribution in [1.82, 2.24) is 25.1 Å². The van der Waals surface area contributed by atoms with Crippen LogP contribution in [0.5, 0.6) is 0 Å².